The Bertz CT molecular complexity index is 254. The minimum absolute atomic E-state index is 0.00417. The lowest BCUT2D eigenvalue weighted by molar-refractivity contribution is -0.138. The highest BCUT2D eigenvalue weighted by atomic mass is 16.4. The van der Waals surface area contributed by atoms with Crippen molar-refractivity contribution in [2.45, 2.75) is 71.6 Å². The Morgan fingerprint density at radius 2 is 1.63 bits per heavy atom. The van der Waals surface area contributed by atoms with Crippen LogP contribution in [0, 0.1) is 5.92 Å². The Balaban J connectivity index is 3.37. The summed E-state index contributed by atoms with van der Waals surface area (Å²) in [5, 5.41) is 11.4. The minimum Gasteiger partial charge on any atom is -0.481 e. The molecule has 0 aromatic heterocycles. The van der Waals surface area contributed by atoms with Crippen LogP contribution in [0.25, 0.3) is 0 Å². The molecular formula is C15H29NO3. The predicted octanol–water partition coefficient (Wildman–Crippen LogP) is 3.35. The number of nitrogens with one attached hydrogen (secondary N) is 1. The number of carbonyl (C=O) groups excluding carboxylic acids is 1. The van der Waals surface area contributed by atoms with Gasteiger partial charge in [-0.25, -0.2) is 0 Å². The molecule has 4 nitrogen and oxygen atoms in total. The monoisotopic (exact) mass is 271 g/mol. The maximum atomic E-state index is 11.5. The highest BCUT2D eigenvalue weighted by Gasteiger charge is 2.09. The van der Waals surface area contributed by atoms with Crippen LogP contribution in [0.4, 0.5) is 0 Å². The SMILES string of the molecule is CCCCCCCCCC(=O)NCC(C)CC(=O)O. The topological polar surface area (TPSA) is 66.4 Å². The van der Waals surface area contributed by atoms with E-state index in [1.54, 1.807) is 0 Å². The summed E-state index contributed by atoms with van der Waals surface area (Å²) in [7, 11) is 0. The third-order valence-electron chi connectivity index (χ3n) is 3.18. The molecule has 19 heavy (non-hydrogen) atoms. The van der Waals surface area contributed by atoms with Gasteiger partial charge < -0.3 is 10.4 Å². The first kappa shape index (κ1) is 17.9. The number of carbonyl (C=O) groups is 2. The lowest BCUT2D eigenvalue weighted by Gasteiger charge is -2.10. The van der Waals surface area contributed by atoms with Crippen LogP contribution in [0.2, 0.25) is 0 Å². The van der Waals surface area contributed by atoms with Gasteiger partial charge in [0.2, 0.25) is 5.91 Å². The van der Waals surface area contributed by atoms with Crippen LogP contribution in [-0.4, -0.2) is 23.5 Å². The second-order valence-corrected chi connectivity index (χ2v) is 5.38. The van der Waals surface area contributed by atoms with Crippen molar-refractivity contribution in [3.8, 4) is 0 Å². The first-order chi connectivity index (χ1) is 9.06. The summed E-state index contributed by atoms with van der Waals surface area (Å²) in [6.45, 7) is 4.50. The van der Waals surface area contributed by atoms with Crippen molar-refractivity contribution in [3.63, 3.8) is 0 Å². The lowest BCUT2D eigenvalue weighted by Crippen LogP contribution is -2.28. The van der Waals surface area contributed by atoms with Crippen LogP contribution >= 0.6 is 0 Å². The van der Waals surface area contributed by atoms with Crippen molar-refractivity contribution in [2.24, 2.45) is 5.92 Å². The standard InChI is InChI=1S/C15H29NO3/c1-3-4-5-6-7-8-9-10-14(17)16-12-13(2)11-15(18)19/h13H,3-12H2,1-2H3,(H,16,17)(H,18,19). The van der Waals surface area contributed by atoms with Gasteiger partial charge in [-0.3, -0.25) is 9.59 Å². The van der Waals surface area contributed by atoms with Crippen molar-refractivity contribution >= 4 is 11.9 Å². The highest BCUT2D eigenvalue weighted by Crippen LogP contribution is 2.08. The summed E-state index contributed by atoms with van der Waals surface area (Å²) in [6.07, 6.45) is 9.07. The van der Waals surface area contributed by atoms with E-state index in [-0.39, 0.29) is 18.2 Å². The largest absolute Gasteiger partial charge is 0.481 e. The molecule has 0 aliphatic rings. The summed E-state index contributed by atoms with van der Waals surface area (Å²) < 4.78 is 0. The van der Waals surface area contributed by atoms with E-state index in [1.165, 1.54) is 32.1 Å². The summed E-state index contributed by atoms with van der Waals surface area (Å²) >= 11 is 0. The number of unbranched alkanes of at least 4 members (excludes halogenated alkanes) is 6. The smallest absolute Gasteiger partial charge is 0.303 e. The van der Waals surface area contributed by atoms with Gasteiger partial charge in [-0.15, -0.1) is 0 Å². The maximum absolute atomic E-state index is 11.5. The first-order valence-electron chi connectivity index (χ1n) is 7.54. The Morgan fingerprint density at radius 1 is 1.05 bits per heavy atom. The molecule has 0 aromatic carbocycles. The molecule has 0 saturated heterocycles. The fourth-order valence-corrected chi connectivity index (χ4v) is 1.99. The van der Waals surface area contributed by atoms with Gasteiger partial charge in [-0.1, -0.05) is 52.4 Å². The average molecular weight is 271 g/mol. The maximum Gasteiger partial charge on any atom is 0.303 e. The van der Waals surface area contributed by atoms with Gasteiger partial charge in [0.1, 0.15) is 0 Å². The molecule has 0 saturated carbocycles. The van der Waals surface area contributed by atoms with Crippen molar-refractivity contribution < 1.29 is 14.7 Å². The number of rotatable bonds is 12. The van der Waals surface area contributed by atoms with Gasteiger partial charge in [0.25, 0.3) is 0 Å². The summed E-state index contributed by atoms with van der Waals surface area (Å²) in [5.74, 6) is -0.768. The van der Waals surface area contributed by atoms with E-state index in [1.807, 2.05) is 6.92 Å². The zero-order valence-electron chi connectivity index (χ0n) is 12.4. The van der Waals surface area contributed by atoms with Gasteiger partial charge in [0.05, 0.1) is 0 Å². The second kappa shape index (κ2) is 12.0. The molecule has 1 amide bonds. The van der Waals surface area contributed by atoms with E-state index in [9.17, 15) is 9.59 Å². The van der Waals surface area contributed by atoms with Gasteiger partial charge in [0.15, 0.2) is 0 Å². The van der Waals surface area contributed by atoms with Gasteiger partial charge in [0, 0.05) is 19.4 Å². The van der Waals surface area contributed by atoms with E-state index >= 15 is 0 Å². The summed E-state index contributed by atoms with van der Waals surface area (Å²) in [6, 6.07) is 0. The number of carboxylic acids is 1. The Labute approximate surface area is 117 Å². The third-order valence-corrected chi connectivity index (χ3v) is 3.18. The van der Waals surface area contributed by atoms with E-state index in [2.05, 4.69) is 12.2 Å². The van der Waals surface area contributed by atoms with Crippen LogP contribution in [0.5, 0.6) is 0 Å². The van der Waals surface area contributed by atoms with E-state index < -0.39 is 5.97 Å². The van der Waals surface area contributed by atoms with Crippen molar-refractivity contribution in [3.05, 3.63) is 0 Å². The molecular weight excluding hydrogens is 242 g/mol. The molecule has 1 unspecified atom stereocenters. The number of amides is 1. The molecule has 1 atom stereocenters. The zero-order chi connectivity index (χ0) is 14.5. The third kappa shape index (κ3) is 13.2. The molecule has 0 spiro atoms. The molecule has 0 bridgehead atoms. The van der Waals surface area contributed by atoms with E-state index in [0.717, 1.165) is 12.8 Å². The van der Waals surface area contributed by atoms with Gasteiger partial charge in [-0.2, -0.15) is 0 Å². The number of hydrogen-bond donors (Lipinski definition) is 2. The molecule has 0 rings (SSSR count). The van der Waals surface area contributed by atoms with E-state index in [0.29, 0.717) is 13.0 Å². The molecule has 112 valence electrons. The fourth-order valence-electron chi connectivity index (χ4n) is 1.99. The predicted molar refractivity (Wildman–Crippen MR) is 77.0 cm³/mol. The molecule has 0 heterocycles. The van der Waals surface area contributed by atoms with Crippen LogP contribution in [0.1, 0.15) is 71.6 Å². The number of aliphatic carboxylic acids is 1. The quantitative estimate of drug-likeness (QED) is 0.535. The molecule has 0 fully saturated rings. The highest BCUT2D eigenvalue weighted by molar-refractivity contribution is 5.75. The average Bonchev–Trinajstić information content (AvgIpc) is 2.34. The minimum atomic E-state index is -0.811. The van der Waals surface area contributed by atoms with Crippen molar-refractivity contribution in [1.82, 2.24) is 5.32 Å². The molecule has 2 N–H and O–H groups in total. The Hall–Kier alpha value is -1.06. The molecule has 0 aliphatic heterocycles. The summed E-state index contributed by atoms with van der Waals surface area (Å²) in [5.41, 5.74) is 0. The second-order valence-electron chi connectivity index (χ2n) is 5.38. The van der Waals surface area contributed by atoms with Crippen LogP contribution < -0.4 is 5.32 Å². The van der Waals surface area contributed by atoms with Crippen molar-refractivity contribution in [1.29, 1.82) is 0 Å². The van der Waals surface area contributed by atoms with Crippen LogP contribution in [-0.2, 0) is 9.59 Å². The van der Waals surface area contributed by atoms with Crippen molar-refractivity contribution in [2.75, 3.05) is 6.54 Å². The molecule has 0 aliphatic carbocycles. The van der Waals surface area contributed by atoms with Crippen LogP contribution in [0.15, 0.2) is 0 Å². The molecule has 0 radical (unpaired) electrons. The normalized spacial score (nSPS) is 12.1. The Morgan fingerprint density at radius 3 is 2.21 bits per heavy atom. The first-order valence-corrected chi connectivity index (χ1v) is 7.54. The van der Waals surface area contributed by atoms with Gasteiger partial charge >= 0.3 is 5.97 Å². The lowest BCUT2D eigenvalue weighted by atomic mass is 10.1. The number of carboxylic acid groups (broad SMARTS) is 1. The Kier molecular flexibility index (Phi) is 11.3. The fraction of sp³-hybridized carbons (Fsp3) is 0.867. The molecule has 4 heteroatoms. The van der Waals surface area contributed by atoms with E-state index in [4.69, 9.17) is 5.11 Å². The van der Waals surface area contributed by atoms with Crippen LogP contribution in [0.3, 0.4) is 0 Å². The zero-order valence-corrected chi connectivity index (χ0v) is 12.4. The van der Waals surface area contributed by atoms with Gasteiger partial charge in [-0.05, 0) is 12.3 Å². The summed E-state index contributed by atoms with van der Waals surface area (Å²) in [4.78, 5) is 22.0. The number of hydrogen-bond acceptors (Lipinski definition) is 2. The molecule has 0 aromatic rings.